The zero-order valence-corrected chi connectivity index (χ0v) is 7.63. The van der Waals surface area contributed by atoms with Crippen molar-refractivity contribution in [3.8, 4) is 0 Å². The van der Waals surface area contributed by atoms with E-state index in [1.165, 1.54) is 0 Å². The van der Waals surface area contributed by atoms with Crippen LogP contribution in [0, 0.1) is 6.10 Å². The van der Waals surface area contributed by atoms with Crippen LogP contribution in [-0.4, -0.2) is 12.3 Å². The Morgan fingerprint density at radius 2 is 1.92 bits per heavy atom. The summed E-state index contributed by atoms with van der Waals surface area (Å²) in [6, 6.07) is 0. The maximum absolute atomic E-state index is 10.9. The molecule has 0 bridgehead atoms. The van der Waals surface area contributed by atoms with Gasteiger partial charge < -0.3 is 9.47 Å². The van der Waals surface area contributed by atoms with Gasteiger partial charge in [-0.3, -0.25) is 0 Å². The van der Waals surface area contributed by atoms with E-state index in [-0.39, 0.29) is 6.10 Å². The first-order chi connectivity index (χ1) is 5.68. The minimum Gasteiger partial charge on any atom is -0.432 e. The van der Waals surface area contributed by atoms with E-state index in [9.17, 15) is 4.79 Å². The highest BCUT2D eigenvalue weighted by molar-refractivity contribution is 5.61. The van der Waals surface area contributed by atoms with Crippen molar-refractivity contribution in [3.63, 3.8) is 0 Å². The van der Waals surface area contributed by atoms with Crippen LogP contribution >= 0.6 is 0 Å². The number of hydrogen-bond acceptors (Lipinski definition) is 3. The van der Waals surface area contributed by atoms with E-state index in [0.717, 1.165) is 31.8 Å². The maximum atomic E-state index is 10.9. The maximum Gasteiger partial charge on any atom is 0.509 e. The van der Waals surface area contributed by atoms with E-state index in [1.807, 2.05) is 0 Å². The average Bonchev–Trinajstić information content (AvgIpc) is 2.37. The Bertz CT molecular complexity index is 148. The lowest BCUT2D eigenvalue weighted by Crippen LogP contribution is -2.14. The molecule has 0 amide bonds. The molecule has 0 aliphatic heterocycles. The molecule has 1 fully saturated rings. The second kappa shape index (κ2) is 4.33. The Balaban J connectivity index is 2.16. The molecule has 0 unspecified atom stereocenters. The van der Waals surface area contributed by atoms with Crippen LogP contribution in [0.2, 0.25) is 0 Å². The summed E-state index contributed by atoms with van der Waals surface area (Å²) in [6.07, 6.45) is 4.30. The number of rotatable bonds is 2. The molecule has 0 spiro atoms. The van der Waals surface area contributed by atoms with E-state index in [4.69, 9.17) is 9.47 Å². The van der Waals surface area contributed by atoms with Gasteiger partial charge in [0.05, 0.1) is 6.10 Å². The molecule has 0 heterocycles. The molecule has 1 radical (unpaired) electrons. The Labute approximate surface area is 73.0 Å². The Morgan fingerprint density at radius 3 is 2.42 bits per heavy atom. The summed E-state index contributed by atoms with van der Waals surface area (Å²) in [6.45, 7) is 3.61. The largest absolute Gasteiger partial charge is 0.509 e. The molecule has 0 aromatic rings. The second-order valence-corrected chi connectivity index (χ2v) is 3.26. The first-order valence-electron chi connectivity index (χ1n) is 4.41. The summed E-state index contributed by atoms with van der Waals surface area (Å²) in [5.41, 5.74) is 0. The molecule has 1 aliphatic carbocycles. The quantitative estimate of drug-likeness (QED) is 0.599. The first kappa shape index (κ1) is 9.36. The predicted octanol–water partition coefficient (Wildman–Crippen LogP) is 2.65. The molecule has 1 saturated carbocycles. The fourth-order valence-electron chi connectivity index (χ4n) is 1.21. The van der Waals surface area contributed by atoms with E-state index in [0.29, 0.717) is 0 Å². The van der Waals surface area contributed by atoms with E-state index < -0.39 is 6.16 Å². The lowest BCUT2D eigenvalue weighted by atomic mass is 10.3. The van der Waals surface area contributed by atoms with Crippen molar-refractivity contribution in [1.82, 2.24) is 0 Å². The fourth-order valence-corrected chi connectivity index (χ4v) is 1.21. The van der Waals surface area contributed by atoms with Crippen molar-refractivity contribution in [2.75, 3.05) is 0 Å². The van der Waals surface area contributed by atoms with Crippen molar-refractivity contribution in [3.05, 3.63) is 6.10 Å². The fraction of sp³-hybridized carbons (Fsp3) is 0.778. The smallest absolute Gasteiger partial charge is 0.432 e. The summed E-state index contributed by atoms with van der Waals surface area (Å²) in [5.74, 6) is 0. The Morgan fingerprint density at radius 1 is 1.33 bits per heavy atom. The zero-order valence-electron chi connectivity index (χ0n) is 7.63. The van der Waals surface area contributed by atoms with Gasteiger partial charge in [0.25, 0.3) is 0 Å². The molecule has 1 rings (SSSR count). The van der Waals surface area contributed by atoms with Gasteiger partial charge in [-0.1, -0.05) is 0 Å². The highest BCUT2D eigenvalue weighted by Crippen LogP contribution is 2.28. The van der Waals surface area contributed by atoms with Crippen molar-refractivity contribution in [1.29, 1.82) is 0 Å². The van der Waals surface area contributed by atoms with E-state index >= 15 is 0 Å². The molecular weight excluding hydrogens is 156 g/mol. The van der Waals surface area contributed by atoms with Gasteiger partial charge in [0.1, 0.15) is 0 Å². The van der Waals surface area contributed by atoms with Crippen LogP contribution in [0.1, 0.15) is 39.5 Å². The molecule has 0 aromatic heterocycles. The van der Waals surface area contributed by atoms with Crippen molar-refractivity contribution < 1.29 is 14.3 Å². The van der Waals surface area contributed by atoms with Gasteiger partial charge in [-0.2, -0.15) is 0 Å². The van der Waals surface area contributed by atoms with Gasteiger partial charge in [-0.15, -0.1) is 0 Å². The van der Waals surface area contributed by atoms with Crippen molar-refractivity contribution in [2.45, 2.75) is 45.6 Å². The molecular formula is C9H15O3. The third kappa shape index (κ3) is 3.11. The molecule has 0 aromatic carbocycles. The SMILES string of the molecule is CC(C)OC(=O)O[C]1CCCC1. The van der Waals surface area contributed by atoms with Gasteiger partial charge in [0.2, 0.25) is 0 Å². The minimum absolute atomic E-state index is 0.0977. The third-order valence-electron chi connectivity index (χ3n) is 1.72. The van der Waals surface area contributed by atoms with Crippen LogP contribution in [0.4, 0.5) is 4.79 Å². The molecule has 0 N–H and O–H groups in total. The minimum atomic E-state index is -0.554. The molecule has 12 heavy (non-hydrogen) atoms. The summed E-state index contributed by atoms with van der Waals surface area (Å²) in [7, 11) is 0. The summed E-state index contributed by atoms with van der Waals surface area (Å²) >= 11 is 0. The van der Waals surface area contributed by atoms with Gasteiger partial charge in [-0.25, -0.2) is 4.79 Å². The number of carbonyl (C=O) groups is 1. The zero-order chi connectivity index (χ0) is 8.97. The Hall–Kier alpha value is -0.730. The first-order valence-corrected chi connectivity index (χ1v) is 4.41. The third-order valence-corrected chi connectivity index (χ3v) is 1.72. The topological polar surface area (TPSA) is 35.5 Å². The van der Waals surface area contributed by atoms with Gasteiger partial charge in [-0.05, 0) is 39.5 Å². The lowest BCUT2D eigenvalue weighted by molar-refractivity contribution is 0.0371. The predicted molar refractivity (Wildman–Crippen MR) is 44.4 cm³/mol. The highest BCUT2D eigenvalue weighted by Gasteiger charge is 2.21. The number of carbonyl (C=O) groups excluding carboxylic acids is 1. The van der Waals surface area contributed by atoms with Crippen LogP contribution in [0.15, 0.2) is 0 Å². The van der Waals surface area contributed by atoms with Crippen LogP contribution in [0.3, 0.4) is 0 Å². The van der Waals surface area contributed by atoms with Crippen LogP contribution in [-0.2, 0) is 9.47 Å². The Kier molecular flexibility index (Phi) is 3.38. The molecule has 0 atom stereocenters. The van der Waals surface area contributed by atoms with Gasteiger partial charge in [0, 0.05) is 0 Å². The van der Waals surface area contributed by atoms with Crippen molar-refractivity contribution in [2.24, 2.45) is 0 Å². The molecule has 3 nitrogen and oxygen atoms in total. The highest BCUT2D eigenvalue weighted by atomic mass is 16.7. The normalized spacial score (nSPS) is 18.2. The van der Waals surface area contributed by atoms with E-state index in [1.54, 1.807) is 13.8 Å². The summed E-state index contributed by atoms with van der Waals surface area (Å²) in [4.78, 5) is 10.9. The summed E-state index contributed by atoms with van der Waals surface area (Å²) < 4.78 is 9.81. The molecule has 3 heteroatoms. The molecule has 0 saturated heterocycles. The second-order valence-electron chi connectivity index (χ2n) is 3.26. The van der Waals surface area contributed by atoms with Gasteiger partial charge in [0.15, 0.2) is 6.10 Å². The molecule has 1 aliphatic rings. The van der Waals surface area contributed by atoms with Crippen LogP contribution < -0.4 is 0 Å². The van der Waals surface area contributed by atoms with Crippen LogP contribution in [0.25, 0.3) is 0 Å². The number of ether oxygens (including phenoxy) is 2. The standard InChI is InChI=1S/C9H15O3/c1-7(2)11-9(10)12-8-5-3-4-6-8/h7H,3-6H2,1-2H3. The average molecular weight is 171 g/mol. The molecule has 69 valence electrons. The summed E-state index contributed by atoms with van der Waals surface area (Å²) in [5, 5.41) is 0. The lowest BCUT2D eigenvalue weighted by Gasteiger charge is -2.11. The van der Waals surface area contributed by atoms with Crippen LogP contribution in [0.5, 0.6) is 0 Å². The van der Waals surface area contributed by atoms with E-state index in [2.05, 4.69) is 0 Å². The number of hydrogen-bond donors (Lipinski definition) is 0. The van der Waals surface area contributed by atoms with Gasteiger partial charge >= 0.3 is 6.16 Å². The van der Waals surface area contributed by atoms with Crippen molar-refractivity contribution >= 4 is 6.16 Å². The monoisotopic (exact) mass is 171 g/mol.